The molecular formula is C13H10O3. The zero-order chi connectivity index (χ0) is 11.2. The Balaban J connectivity index is 0.000000162. The standard InChI is InChI=1S/C9H6O2.C4H4O/c10-8-5-6-11-9-4-2-1-3-7(8)9;1-2-4-5-3-1/h1-6H;1-4H. The van der Waals surface area contributed by atoms with Crippen molar-refractivity contribution in [1.82, 2.24) is 0 Å². The smallest absolute Gasteiger partial charge is 0.192 e. The van der Waals surface area contributed by atoms with Crippen LogP contribution in [0.5, 0.6) is 0 Å². The third-order valence-electron chi connectivity index (χ3n) is 1.99. The molecule has 0 aliphatic heterocycles. The molecule has 0 fully saturated rings. The highest BCUT2D eigenvalue weighted by Gasteiger charge is 1.95. The highest BCUT2D eigenvalue weighted by molar-refractivity contribution is 5.75. The maximum atomic E-state index is 11.1. The van der Waals surface area contributed by atoms with Crippen LogP contribution in [0.25, 0.3) is 11.0 Å². The average molecular weight is 214 g/mol. The monoisotopic (exact) mass is 214 g/mol. The van der Waals surface area contributed by atoms with Crippen molar-refractivity contribution in [2.75, 3.05) is 0 Å². The number of hydrogen-bond acceptors (Lipinski definition) is 3. The second kappa shape index (κ2) is 4.98. The molecule has 2 heterocycles. The molecule has 0 unspecified atom stereocenters. The number of benzene rings is 1. The van der Waals surface area contributed by atoms with Crippen molar-refractivity contribution in [2.24, 2.45) is 0 Å². The zero-order valence-corrected chi connectivity index (χ0v) is 8.50. The minimum absolute atomic E-state index is 0.00634. The fourth-order valence-electron chi connectivity index (χ4n) is 1.26. The summed E-state index contributed by atoms with van der Waals surface area (Å²) in [7, 11) is 0. The van der Waals surface area contributed by atoms with Crippen molar-refractivity contribution in [3.05, 3.63) is 71.5 Å². The van der Waals surface area contributed by atoms with Crippen molar-refractivity contribution >= 4 is 11.0 Å². The highest BCUT2D eigenvalue weighted by atomic mass is 16.3. The summed E-state index contributed by atoms with van der Waals surface area (Å²) < 4.78 is 9.68. The van der Waals surface area contributed by atoms with Crippen molar-refractivity contribution in [3.8, 4) is 0 Å². The molecule has 0 saturated carbocycles. The molecule has 3 nitrogen and oxygen atoms in total. The van der Waals surface area contributed by atoms with Gasteiger partial charge in [0.2, 0.25) is 0 Å². The number of furan rings is 1. The number of fused-ring (bicyclic) bond motifs is 1. The Kier molecular flexibility index (Phi) is 3.18. The summed E-state index contributed by atoms with van der Waals surface area (Å²) in [4.78, 5) is 11.1. The maximum absolute atomic E-state index is 11.1. The third-order valence-corrected chi connectivity index (χ3v) is 1.99. The molecular weight excluding hydrogens is 204 g/mol. The molecule has 0 aliphatic rings. The van der Waals surface area contributed by atoms with E-state index < -0.39 is 0 Å². The van der Waals surface area contributed by atoms with Gasteiger partial charge in [0.1, 0.15) is 5.58 Å². The molecule has 1 aromatic carbocycles. The van der Waals surface area contributed by atoms with Crippen LogP contribution < -0.4 is 5.43 Å². The molecule has 2 aromatic heterocycles. The predicted octanol–water partition coefficient (Wildman–Crippen LogP) is 3.07. The first-order valence-corrected chi connectivity index (χ1v) is 4.81. The van der Waals surface area contributed by atoms with Crippen molar-refractivity contribution in [1.29, 1.82) is 0 Å². The maximum Gasteiger partial charge on any atom is 0.192 e. The van der Waals surface area contributed by atoms with Gasteiger partial charge in [0.05, 0.1) is 24.2 Å². The van der Waals surface area contributed by atoms with Crippen LogP contribution >= 0.6 is 0 Å². The number of rotatable bonds is 0. The van der Waals surface area contributed by atoms with Crippen LogP contribution in [-0.2, 0) is 0 Å². The van der Waals surface area contributed by atoms with Crippen molar-refractivity contribution in [2.45, 2.75) is 0 Å². The van der Waals surface area contributed by atoms with Crippen LogP contribution in [0.1, 0.15) is 0 Å². The predicted molar refractivity (Wildman–Crippen MR) is 61.2 cm³/mol. The van der Waals surface area contributed by atoms with Gasteiger partial charge in [-0.3, -0.25) is 4.79 Å². The Morgan fingerprint density at radius 2 is 1.56 bits per heavy atom. The van der Waals surface area contributed by atoms with E-state index in [1.807, 2.05) is 24.3 Å². The molecule has 0 saturated heterocycles. The summed E-state index contributed by atoms with van der Waals surface area (Å²) in [6.07, 6.45) is 4.66. The van der Waals surface area contributed by atoms with Crippen LogP contribution in [0.4, 0.5) is 0 Å². The van der Waals surface area contributed by atoms with E-state index in [-0.39, 0.29) is 5.43 Å². The zero-order valence-electron chi connectivity index (χ0n) is 8.50. The van der Waals surface area contributed by atoms with E-state index in [1.165, 1.54) is 12.3 Å². The summed E-state index contributed by atoms with van der Waals surface area (Å²) in [6.45, 7) is 0. The lowest BCUT2D eigenvalue weighted by Gasteiger charge is -1.91. The van der Waals surface area contributed by atoms with E-state index in [0.29, 0.717) is 11.0 Å². The SMILES string of the molecule is O=c1ccoc2ccccc12.c1ccoc1. The molecule has 0 aliphatic carbocycles. The fraction of sp³-hybridized carbons (Fsp3) is 0. The lowest BCUT2D eigenvalue weighted by atomic mass is 10.2. The molecule has 3 aromatic rings. The van der Waals surface area contributed by atoms with Gasteiger partial charge < -0.3 is 8.83 Å². The summed E-state index contributed by atoms with van der Waals surface area (Å²) in [5.41, 5.74) is 0.645. The molecule has 0 atom stereocenters. The second-order valence-electron chi connectivity index (χ2n) is 3.07. The van der Waals surface area contributed by atoms with E-state index in [0.717, 1.165) is 0 Å². The quantitative estimate of drug-likeness (QED) is 0.577. The van der Waals surface area contributed by atoms with Gasteiger partial charge in [0.15, 0.2) is 5.43 Å². The minimum Gasteiger partial charge on any atom is -0.473 e. The van der Waals surface area contributed by atoms with Crippen molar-refractivity contribution in [3.63, 3.8) is 0 Å². The third kappa shape index (κ3) is 2.39. The fourth-order valence-corrected chi connectivity index (χ4v) is 1.26. The first kappa shape index (κ1) is 10.2. The largest absolute Gasteiger partial charge is 0.473 e. The molecule has 0 amide bonds. The Morgan fingerprint density at radius 3 is 2.19 bits per heavy atom. The van der Waals surface area contributed by atoms with Gasteiger partial charge in [-0.2, -0.15) is 0 Å². The topological polar surface area (TPSA) is 43.4 Å². The van der Waals surface area contributed by atoms with E-state index in [1.54, 1.807) is 24.7 Å². The number of hydrogen-bond donors (Lipinski definition) is 0. The van der Waals surface area contributed by atoms with Crippen LogP contribution in [0.3, 0.4) is 0 Å². The minimum atomic E-state index is 0.00634. The first-order valence-electron chi connectivity index (χ1n) is 4.81. The van der Waals surface area contributed by atoms with Crippen molar-refractivity contribution < 1.29 is 8.83 Å². The van der Waals surface area contributed by atoms with Gasteiger partial charge in [-0.25, -0.2) is 0 Å². The molecule has 3 heteroatoms. The number of para-hydroxylation sites is 1. The lowest BCUT2D eigenvalue weighted by molar-refractivity contribution is 0.567. The van der Waals surface area contributed by atoms with Gasteiger partial charge in [-0.15, -0.1) is 0 Å². The van der Waals surface area contributed by atoms with Crippen LogP contribution in [0, 0.1) is 0 Å². The molecule has 0 spiro atoms. The summed E-state index contributed by atoms with van der Waals surface area (Å²) in [5, 5.41) is 0.634. The van der Waals surface area contributed by atoms with Gasteiger partial charge in [-0.1, -0.05) is 12.1 Å². The molecule has 3 rings (SSSR count). The molecule has 0 N–H and O–H groups in total. The summed E-state index contributed by atoms with van der Waals surface area (Å²) in [6, 6.07) is 12.3. The molecule has 16 heavy (non-hydrogen) atoms. The van der Waals surface area contributed by atoms with E-state index in [4.69, 9.17) is 4.42 Å². The molecule has 0 bridgehead atoms. The Morgan fingerprint density at radius 1 is 0.812 bits per heavy atom. The second-order valence-corrected chi connectivity index (χ2v) is 3.07. The normalized spacial score (nSPS) is 9.50. The van der Waals surface area contributed by atoms with Gasteiger partial charge in [-0.05, 0) is 24.3 Å². The van der Waals surface area contributed by atoms with Gasteiger partial charge in [0, 0.05) is 6.07 Å². The Labute approximate surface area is 91.9 Å². The Hall–Kier alpha value is -2.29. The summed E-state index contributed by atoms with van der Waals surface area (Å²) in [5.74, 6) is 0. The highest BCUT2D eigenvalue weighted by Crippen LogP contribution is 2.06. The first-order chi connectivity index (χ1) is 7.88. The molecule has 0 radical (unpaired) electrons. The van der Waals surface area contributed by atoms with Crippen LogP contribution in [0.2, 0.25) is 0 Å². The van der Waals surface area contributed by atoms with E-state index >= 15 is 0 Å². The van der Waals surface area contributed by atoms with E-state index in [2.05, 4.69) is 4.42 Å². The summed E-state index contributed by atoms with van der Waals surface area (Å²) >= 11 is 0. The molecule has 80 valence electrons. The van der Waals surface area contributed by atoms with Crippen LogP contribution in [-0.4, -0.2) is 0 Å². The van der Waals surface area contributed by atoms with Gasteiger partial charge in [0.25, 0.3) is 0 Å². The van der Waals surface area contributed by atoms with E-state index in [9.17, 15) is 4.79 Å². The van der Waals surface area contributed by atoms with Crippen LogP contribution in [0.15, 0.2) is 74.9 Å². The lowest BCUT2D eigenvalue weighted by Crippen LogP contribution is -1.96. The van der Waals surface area contributed by atoms with Gasteiger partial charge >= 0.3 is 0 Å². The average Bonchev–Trinajstić information content (AvgIpc) is 2.88. The Bertz CT molecular complexity index is 571.